The van der Waals surface area contributed by atoms with Gasteiger partial charge in [-0.15, -0.1) is 0 Å². The summed E-state index contributed by atoms with van der Waals surface area (Å²) in [6, 6.07) is 9.14. The number of fused-ring (bicyclic) bond motifs is 1. The van der Waals surface area contributed by atoms with Crippen molar-refractivity contribution in [3.63, 3.8) is 0 Å². The number of nitrogens with zero attached hydrogens (tertiary/aromatic N) is 4. The molecule has 3 rings (SSSR count). The standard InChI is InChI=1S/C14H13N5O/c1-9-16-14(19(2)18-9)17-13(20)11-5-3-7-12-10(11)6-4-8-15-12/h3-8H,1-2H3,(H,16,17,18,20). The van der Waals surface area contributed by atoms with E-state index in [1.807, 2.05) is 24.3 Å². The predicted octanol–water partition coefficient (Wildman–Crippen LogP) is 1.92. The molecule has 0 unspecified atom stereocenters. The number of amides is 1. The van der Waals surface area contributed by atoms with Gasteiger partial charge in [0.1, 0.15) is 5.82 Å². The molecule has 6 heteroatoms. The minimum Gasteiger partial charge on any atom is -0.291 e. The van der Waals surface area contributed by atoms with Crippen LogP contribution in [0.2, 0.25) is 0 Å². The Bertz CT molecular complexity index is 788. The van der Waals surface area contributed by atoms with E-state index < -0.39 is 0 Å². The lowest BCUT2D eigenvalue weighted by atomic mass is 10.1. The molecule has 0 bridgehead atoms. The molecule has 0 atom stereocenters. The van der Waals surface area contributed by atoms with E-state index in [0.29, 0.717) is 17.3 Å². The highest BCUT2D eigenvalue weighted by Gasteiger charge is 2.13. The second-order valence-corrected chi connectivity index (χ2v) is 4.44. The molecule has 0 spiro atoms. The molecule has 0 fully saturated rings. The molecule has 3 aromatic rings. The zero-order valence-corrected chi connectivity index (χ0v) is 11.2. The average Bonchev–Trinajstić information content (AvgIpc) is 2.76. The Morgan fingerprint density at radius 2 is 2.10 bits per heavy atom. The molecule has 0 aliphatic rings. The Labute approximate surface area is 115 Å². The van der Waals surface area contributed by atoms with Crippen LogP contribution in [-0.4, -0.2) is 25.7 Å². The van der Waals surface area contributed by atoms with Crippen LogP contribution in [0, 0.1) is 6.92 Å². The number of rotatable bonds is 2. The number of aryl methyl sites for hydroxylation is 2. The third-order valence-electron chi connectivity index (χ3n) is 2.98. The van der Waals surface area contributed by atoms with Crippen LogP contribution in [0.25, 0.3) is 10.9 Å². The van der Waals surface area contributed by atoms with Crippen LogP contribution < -0.4 is 5.32 Å². The maximum absolute atomic E-state index is 12.4. The third kappa shape index (κ3) is 2.11. The molecule has 6 nitrogen and oxygen atoms in total. The fraction of sp³-hybridized carbons (Fsp3) is 0.143. The largest absolute Gasteiger partial charge is 0.291 e. The Morgan fingerprint density at radius 1 is 1.25 bits per heavy atom. The SMILES string of the molecule is Cc1nc(NC(=O)c2cccc3ncccc23)n(C)n1. The van der Waals surface area contributed by atoms with Gasteiger partial charge in [0.2, 0.25) is 5.95 Å². The van der Waals surface area contributed by atoms with E-state index >= 15 is 0 Å². The van der Waals surface area contributed by atoms with Crippen molar-refractivity contribution in [3.8, 4) is 0 Å². The first kappa shape index (κ1) is 12.3. The maximum atomic E-state index is 12.4. The second kappa shape index (κ2) is 4.73. The highest BCUT2D eigenvalue weighted by Crippen LogP contribution is 2.17. The topological polar surface area (TPSA) is 72.7 Å². The first-order chi connectivity index (χ1) is 9.65. The van der Waals surface area contributed by atoms with E-state index in [4.69, 9.17) is 0 Å². The Hall–Kier alpha value is -2.76. The summed E-state index contributed by atoms with van der Waals surface area (Å²) < 4.78 is 1.54. The van der Waals surface area contributed by atoms with Crippen molar-refractivity contribution in [1.29, 1.82) is 0 Å². The van der Waals surface area contributed by atoms with Crippen LogP contribution >= 0.6 is 0 Å². The van der Waals surface area contributed by atoms with Gasteiger partial charge < -0.3 is 0 Å². The summed E-state index contributed by atoms with van der Waals surface area (Å²) in [4.78, 5) is 20.8. The van der Waals surface area contributed by atoms with Crippen molar-refractivity contribution in [2.45, 2.75) is 6.92 Å². The van der Waals surface area contributed by atoms with Crippen molar-refractivity contribution in [1.82, 2.24) is 19.7 Å². The van der Waals surface area contributed by atoms with Crippen LogP contribution in [0.15, 0.2) is 36.5 Å². The minimum absolute atomic E-state index is 0.223. The summed E-state index contributed by atoms with van der Waals surface area (Å²) in [7, 11) is 1.74. The molecule has 1 amide bonds. The summed E-state index contributed by atoms with van der Waals surface area (Å²) in [6.45, 7) is 1.78. The first-order valence-electron chi connectivity index (χ1n) is 6.18. The van der Waals surface area contributed by atoms with Gasteiger partial charge in [-0.2, -0.15) is 10.1 Å². The van der Waals surface area contributed by atoms with Crippen LogP contribution in [0.5, 0.6) is 0 Å². The predicted molar refractivity (Wildman–Crippen MR) is 75.4 cm³/mol. The molecule has 100 valence electrons. The molecular weight excluding hydrogens is 254 g/mol. The van der Waals surface area contributed by atoms with Gasteiger partial charge in [-0.1, -0.05) is 12.1 Å². The Balaban J connectivity index is 1.99. The zero-order chi connectivity index (χ0) is 14.1. The van der Waals surface area contributed by atoms with Crippen molar-refractivity contribution in [2.24, 2.45) is 7.05 Å². The van der Waals surface area contributed by atoms with E-state index in [0.717, 1.165) is 10.9 Å². The molecule has 0 saturated heterocycles. The molecule has 0 radical (unpaired) electrons. The van der Waals surface area contributed by atoms with Crippen molar-refractivity contribution in [3.05, 3.63) is 47.9 Å². The highest BCUT2D eigenvalue weighted by atomic mass is 16.1. The molecule has 0 aliphatic heterocycles. The number of nitrogens with one attached hydrogen (secondary N) is 1. The maximum Gasteiger partial charge on any atom is 0.258 e. The molecule has 0 saturated carbocycles. The average molecular weight is 267 g/mol. The molecule has 20 heavy (non-hydrogen) atoms. The lowest BCUT2D eigenvalue weighted by Crippen LogP contribution is -2.15. The van der Waals surface area contributed by atoms with Gasteiger partial charge in [0.15, 0.2) is 0 Å². The molecular formula is C14H13N5O. The minimum atomic E-state index is -0.223. The third-order valence-corrected chi connectivity index (χ3v) is 2.98. The molecule has 1 N–H and O–H groups in total. The normalized spacial score (nSPS) is 10.7. The number of pyridine rings is 1. The van der Waals surface area contributed by atoms with Gasteiger partial charge in [0, 0.05) is 24.2 Å². The van der Waals surface area contributed by atoms with Crippen molar-refractivity contribution in [2.75, 3.05) is 5.32 Å². The van der Waals surface area contributed by atoms with Gasteiger partial charge in [-0.05, 0) is 25.1 Å². The van der Waals surface area contributed by atoms with Crippen molar-refractivity contribution >= 4 is 22.8 Å². The monoisotopic (exact) mass is 267 g/mol. The quantitative estimate of drug-likeness (QED) is 0.770. The Kier molecular flexibility index (Phi) is 2.90. The van der Waals surface area contributed by atoms with E-state index in [1.54, 1.807) is 26.2 Å². The molecule has 2 heterocycles. The number of benzene rings is 1. The summed E-state index contributed by atoms with van der Waals surface area (Å²) in [5, 5.41) is 7.67. The highest BCUT2D eigenvalue weighted by molar-refractivity contribution is 6.11. The van der Waals surface area contributed by atoms with Crippen LogP contribution in [-0.2, 0) is 7.05 Å². The van der Waals surface area contributed by atoms with Gasteiger partial charge in [0.05, 0.1) is 5.52 Å². The molecule has 1 aromatic carbocycles. The fourth-order valence-corrected chi connectivity index (χ4v) is 2.09. The van der Waals surface area contributed by atoms with Gasteiger partial charge in [0.25, 0.3) is 5.91 Å². The Morgan fingerprint density at radius 3 is 2.85 bits per heavy atom. The zero-order valence-electron chi connectivity index (χ0n) is 11.2. The fourth-order valence-electron chi connectivity index (χ4n) is 2.09. The number of carbonyl (C=O) groups is 1. The van der Waals surface area contributed by atoms with Gasteiger partial charge in [-0.3, -0.25) is 15.1 Å². The summed E-state index contributed by atoms with van der Waals surface area (Å²) in [6.07, 6.45) is 1.70. The second-order valence-electron chi connectivity index (χ2n) is 4.44. The number of anilines is 1. The van der Waals surface area contributed by atoms with Gasteiger partial charge in [-0.25, -0.2) is 4.68 Å². The number of hydrogen-bond donors (Lipinski definition) is 1. The van der Waals surface area contributed by atoms with E-state index in [2.05, 4.69) is 20.4 Å². The summed E-state index contributed by atoms with van der Waals surface area (Å²) in [5.74, 6) is 0.815. The van der Waals surface area contributed by atoms with Crippen LogP contribution in [0.3, 0.4) is 0 Å². The summed E-state index contributed by atoms with van der Waals surface area (Å²) >= 11 is 0. The number of aromatic nitrogens is 4. The lowest BCUT2D eigenvalue weighted by molar-refractivity contribution is 0.102. The molecule has 2 aromatic heterocycles. The lowest BCUT2D eigenvalue weighted by Gasteiger charge is -2.06. The van der Waals surface area contributed by atoms with Crippen LogP contribution in [0.1, 0.15) is 16.2 Å². The number of hydrogen-bond acceptors (Lipinski definition) is 4. The van der Waals surface area contributed by atoms with E-state index in [-0.39, 0.29) is 5.91 Å². The van der Waals surface area contributed by atoms with Crippen molar-refractivity contribution < 1.29 is 4.79 Å². The summed E-state index contributed by atoms with van der Waals surface area (Å²) in [5.41, 5.74) is 1.35. The van der Waals surface area contributed by atoms with Gasteiger partial charge >= 0.3 is 0 Å². The van der Waals surface area contributed by atoms with Crippen LogP contribution in [0.4, 0.5) is 5.95 Å². The van der Waals surface area contributed by atoms with E-state index in [9.17, 15) is 4.79 Å². The number of carbonyl (C=O) groups excluding carboxylic acids is 1. The smallest absolute Gasteiger partial charge is 0.258 e. The van der Waals surface area contributed by atoms with E-state index in [1.165, 1.54) is 4.68 Å². The first-order valence-corrected chi connectivity index (χ1v) is 6.18. The molecule has 0 aliphatic carbocycles.